The number of anilines is 1. The van der Waals surface area contributed by atoms with E-state index in [1.807, 2.05) is 45.0 Å². The van der Waals surface area contributed by atoms with Gasteiger partial charge in [0.15, 0.2) is 0 Å². The lowest BCUT2D eigenvalue weighted by Crippen LogP contribution is -2.34. The fraction of sp³-hybridized carbons (Fsp3) is 0.300. The van der Waals surface area contributed by atoms with Crippen LogP contribution in [0.25, 0.3) is 0 Å². The molecule has 5 heteroatoms. The molecule has 25 heavy (non-hydrogen) atoms. The van der Waals surface area contributed by atoms with Crippen molar-refractivity contribution in [2.24, 2.45) is 0 Å². The third-order valence-electron chi connectivity index (χ3n) is 3.91. The van der Waals surface area contributed by atoms with E-state index in [0.29, 0.717) is 0 Å². The monoisotopic (exact) mass is 340 g/mol. The minimum atomic E-state index is -0.238. The van der Waals surface area contributed by atoms with Crippen molar-refractivity contribution < 1.29 is 14.3 Å². The summed E-state index contributed by atoms with van der Waals surface area (Å²) in [6.07, 6.45) is 0.222. The first-order chi connectivity index (χ1) is 11.9. The summed E-state index contributed by atoms with van der Waals surface area (Å²) in [5.74, 6) is 0.308. The minimum absolute atomic E-state index is 0.0538. The highest BCUT2D eigenvalue weighted by Gasteiger charge is 2.10. The highest BCUT2D eigenvalue weighted by molar-refractivity contribution is 5.96. The van der Waals surface area contributed by atoms with Gasteiger partial charge in [0.2, 0.25) is 11.8 Å². The topological polar surface area (TPSA) is 67.4 Å². The lowest BCUT2D eigenvalue weighted by Gasteiger charge is -2.13. The second kappa shape index (κ2) is 8.33. The molecule has 2 aromatic rings. The Hall–Kier alpha value is -2.82. The number of carbonyl (C=O) groups is 2. The Morgan fingerprint density at radius 1 is 0.960 bits per heavy atom. The predicted molar refractivity (Wildman–Crippen MR) is 99.0 cm³/mol. The molecule has 0 aliphatic heterocycles. The Balaban J connectivity index is 1.86. The van der Waals surface area contributed by atoms with Gasteiger partial charge in [-0.25, -0.2) is 0 Å². The molecule has 2 aromatic carbocycles. The molecule has 132 valence electrons. The van der Waals surface area contributed by atoms with Crippen molar-refractivity contribution >= 4 is 17.5 Å². The molecule has 2 amide bonds. The number of carbonyl (C=O) groups excluding carboxylic acids is 2. The van der Waals surface area contributed by atoms with E-state index in [0.717, 1.165) is 33.7 Å². The maximum Gasteiger partial charge on any atom is 0.243 e. The van der Waals surface area contributed by atoms with E-state index in [4.69, 9.17) is 4.74 Å². The molecule has 0 radical (unpaired) electrons. The minimum Gasteiger partial charge on any atom is -0.497 e. The molecule has 2 N–H and O–H groups in total. The van der Waals surface area contributed by atoms with Gasteiger partial charge in [0.25, 0.3) is 0 Å². The molecule has 5 nitrogen and oxygen atoms in total. The second-order valence-corrected chi connectivity index (χ2v) is 6.12. The largest absolute Gasteiger partial charge is 0.497 e. The van der Waals surface area contributed by atoms with Crippen LogP contribution in [0.1, 0.15) is 22.3 Å². The van der Waals surface area contributed by atoms with Crippen molar-refractivity contribution in [3.63, 3.8) is 0 Å². The average molecular weight is 340 g/mol. The fourth-order valence-corrected chi connectivity index (χ4v) is 2.73. The smallest absolute Gasteiger partial charge is 0.243 e. The molecule has 0 aliphatic carbocycles. The van der Waals surface area contributed by atoms with Gasteiger partial charge in [-0.1, -0.05) is 29.8 Å². The van der Waals surface area contributed by atoms with Gasteiger partial charge in [0.05, 0.1) is 20.1 Å². The fourth-order valence-electron chi connectivity index (χ4n) is 2.73. The van der Waals surface area contributed by atoms with Crippen LogP contribution >= 0.6 is 0 Å². The summed E-state index contributed by atoms with van der Waals surface area (Å²) in [5.41, 5.74) is 4.84. The molecule has 0 unspecified atom stereocenters. The number of benzene rings is 2. The van der Waals surface area contributed by atoms with Crippen LogP contribution in [0, 0.1) is 20.8 Å². The van der Waals surface area contributed by atoms with Crippen molar-refractivity contribution in [1.29, 1.82) is 0 Å². The Bertz CT molecular complexity index is 744. The molecule has 0 aromatic heterocycles. The van der Waals surface area contributed by atoms with E-state index in [-0.39, 0.29) is 24.8 Å². The average Bonchev–Trinajstić information content (AvgIpc) is 2.57. The zero-order valence-electron chi connectivity index (χ0n) is 15.1. The van der Waals surface area contributed by atoms with E-state index < -0.39 is 0 Å². The van der Waals surface area contributed by atoms with Crippen molar-refractivity contribution in [1.82, 2.24) is 5.32 Å². The quantitative estimate of drug-likeness (QED) is 0.850. The number of rotatable bonds is 6. The summed E-state index contributed by atoms with van der Waals surface area (Å²) in [5, 5.41) is 5.52. The molecular weight excluding hydrogens is 316 g/mol. The van der Waals surface area contributed by atoms with Crippen LogP contribution in [0.2, 0.25) is 0 Å². The highest BCUT2D eigenvalue weighted by Crippen LogP contribution is 2.21. The maximum absolute atomic E-state index is 12.1. The Morgan fingerprint density at radius 2 is 1.56 bits per heavy atom. The van der Waals surface area contributed by atoms with Crippen LogP contribution in [-0.4, -0.2) is 25.5 Å². The summed E-state index contributed by atoms with van der Waals surface area (Å²) in [6, 6.07) is 11.3. The first-order valence-corrected chi connectivity index (χ1v) is 8.16. The first kappa shape index (κ1) is 18.5. The standard InChI is InChI=1S/C20H24N2O3/c1-13-9-14(2)20(15(3)10-13)22-19(24)12-21-18(23)11-16-5-7-17(25-4)8-6-16/h5-10H,11-12H2,1-4H3,(H,21,23)(H,22,24). The third-order valence-corrected chi connectivity index (χ3v) is 3.91. The highest BCUT2D eigenvalue weighted by atomic mass is 16.5. The molecular formula is C20H24N2O3. The van der Waals surface area contributed by atoms with Gasteiger partial charge in [0.1, 0.15) is 5.75 Å². The summed E-state index contributed by atoms with van der Waals surface area (Å²) >= 11 is 0. The molecule has 0 bridgehead atoms. The Kier molecular flexibility index (Phi) is 6.17. The van der Waals surface area contributed by atoms with Crippen molar-refractivity contribution in [2.75, 3.05) is 19.0 Å². The number of hydrogen-bond acceptors (Lipinski definition) is 3. The van der Waals surface area contributed by atoms with Crippen molar-refractivity contribution in [3.8, 4) is 5.75 Å². The normalized spacial score (nSPS) is 10.2. The van der Waals surface area contributed by atoms with Crippen molar-refractivity contribution in [3.05, 3.63) is 58.7 Å². The molecule has 0 saturated heterocycles. The number of amides is 2. The number of nitrogens with one attached hydrogen (secondary N) is 2. The van der Waals surface area contributed by atoms with E-state index in [1.165, 1.54) is 0 Å². The second-order valence-electron chi connectivity index (χ2n) is 6.12. The van der Waals surface area contributed by atoms with Gasteiger partial charge in [0, 0.05) is 5.69 Å². The van der Waals surface area contributed by atoms with Gasteiger partial charge >= 0.3 is 0 Å². The first-order valence-electron chi connectivity index (χ1n) is 8.16. The van der Waals surface area contributed by atoms with Crippen LogP contribution in [-0.2, 0) is 16.0 Å². The third kappa shape index (κ3) is 5.35. The van der Waals surface area contributed by atoms with Crippen molar-refractivity contribution in [2.45, 2.75) is 27.2 Å². The molecule has 0 spiro atoms. The van der Waals surface area contributed by atoms with Gasteiger partial charge in [-0.2, -0.15) is 0 Å². The Labute approximate surface area is 148 Å². The van der Waals surface area contributed by atoms with Gasteiger partial charge in [-0.3, -0.25) is 9.59 Å². The van der Waals surface area contributed by atoms with E-state index in [2.05, 4.69) is 10.6 Å². The van der Waals surface area contributed by atoms with E-state index in [1.54, 1.807) is 19.2 Å². The summed E-state index contributed by atoms with van der Waals surface area (Å²) < 4.78 is 5.08. The number of aryl methyl sites for hydroxylation is 3. The number of hydrogen-bond donors (Lipinski definition) is 2. The zero-order chi connectivity index (χ0) is 18.4. The van der Waals surface area contributed by atoms with Crippen LogP contribution in [0.4, 0.5) is 5.69 Å². The predicted octanol–water partition coefficient (Wildman–Crippen LogP) is 2.92. The number of ether oxygens (including phenoxy) is 1. The number of methoxy groups -OCH3 is 1. The van der Waals surface area contributed by atoms with E-state index >= 15 is 0 Å². The van der Waals surface area contributed by atoms with Crippen LogP contribution < -0.4 is 15.4 Å². The molecule has 0 fully saturated rings. The maximum atomic E-state index is 12.1. The molecule has 2 rings (SSSR count). The summed E-state index contributed by atoms with van der Waals surface area (Å²) in [7, 11) is 1.60. The van der Waals surface area contributed by atoms with Gasteiger partial charge in [-0.05, 0) is 49.6 Å². The lowest BCUT2D eigenvalue weighted by molar-refractivity contribution is -0.123. The molecule has 0 heterocycles. The molecule has 0 atom stereocenters. The Morgan fingerprint density at radius 3 is 2.12 bits per heavy atom. The van der Waals surface area contributed by atoms with Crippen LogP contribution in [0.15, 0.2) is 36.4 Å². The molecule has 0 saturated carbocycles. The molecule has 0 aliphatic rings. The summed E-state index contributed by atoms with van der Waals surface area (Å²) in [4.78, 5) is 24.1. The van der Waals surface area contributed by atoms with Gasteiger partial charge < -0.3 is 15.4 Å². The SMILES string of the molecule is COc1ccc(CC(=O)NCC(=O)Nc2c(C)cc(C)cc2C)cc1. The van der Waals surface area contributed by atoms with Crippen LogP contribution in [0.3, 0.4) is 0 Å². The zero-order valence-corrected chi connectivity index (χ0v) is 15.1. The van der Waals surface area contributed by atoms with E-state index in [9.17, 15) is 9.59 Å². The van der Waals surface area contributed by atoms with Crippen LogP contribution in [0.5, 0.6) is 5.75 Å². The summed E-state index contributed by atoms with van der Waals surface area (Å²) in [6.45, 7) is 5.88. The van der Waals surface area contributed by atoms with Gasteiger partial charge in [-0.15, -0.1) is 0 Å². The lowest BCUT2D eigenvalue weighted by atomic mass is 10.1.